The van der Waals surface area contributed by atoms with E-state index in [1.165, 1.54) is 19.1 Å². The van der Waals surface area contributed by atoms with Crippen LogP contribution in [0.25, 0.3) is 0 Å². The second-order valence-corrected chi connectivity index (χ2v) is 17.7. The van der Waals surface area contributed by atoms with Crippen LogP contribution in [0.1, 0.15) is 58.8 Å². The molecule has 37 heavy (non-hydrogen) atoms. The number of aliphatic hydroxyl groups is 2. The van der Waals surface area contributed by atoms with E-state index >= 15 is 0 Å². The van der Waals surface area contributed by atoms with Gasteiger partial charge in [-0.3, -0.25) is 4.18 Å². The van der Waals surface area contributed by atoms with Crippen LogP contribution >= 0.6 is 0 Å². The van der Waals surface area contributed by atoms with E-state index in [-0.39, 0.29) is 28.8 Å². The van der Waals surface area contributed by atoms with Crippen molar-refractivity contribution in [3.63, 3.8) is 0 Å². The van der Waals surface area contributed by atoms with Gasteiger partial charge in [0, 0.05) is 0 Å². The van der Waals surface area contributed by atoms with Crippen molar-refractivity contribution in [3.8, 4) is 0 Å². The first-order valence-corrected chi connectivity index (χ1v) is 16.5. The maximum atomic E-state index is 13.1. The third kappa shape index (κ3) is 7.28. The molecule has 9 nitrogen and oxygen atoms in total. The summed E-state index contributed by atoms with van der Waals surface area (Å²) in [7, 11) is -6.77. The summed E-state index contributed by atoms with van der Waals surface area (Å²) in [5.41, 5.74) is -1.34. The van der Waals surface area contributed by atoms with Crippen molar-refractivity contribution >= 4 is 24.4 Å². The summed E-state index contributed by atoms with van der Waals surface area (Å²) in [6.07, 6.45) is -1.68. The van der Waals surface area contributed by atoms with Gasteiger partial charge in [-0.25, -0.2) is 4.79 Å². The summed E-state index contributed by atoms with van der Waals surface area (Å²) in [5, 5.41) is 20.8. The number of hydrogen-bond donors (Lipinski definition) is 2. The second kappa shape index (κ2) is 12.5. The number of rotatable bonds is 11. The molecule has 1 aromatic carbocycles. The Balaban J connectivity index is 2.69. The first-order chi connectivity index (χ1) is 17.1. The minimum atomic E-state index is -4.11. The second-order valence-electron chi connectivity index (χ2n) is 10.7. The fourth-order valence-electron chi connectivity index (χ4n) is 5.35. The average molecular weight is 559 g/mol. The van der Waals surface area contributed by atoms with E-state index < -0.39 is 54.6 Å². The maximum Gasteiger partial charge on any atom is 0.338 e. The molecule has 1 fully saturated rings. The number of esters is 1. The molecule has 0 spiro atoms. The van der Waals surface area contributed by atoms with Gasteiger partial charge in [-0.05, 0) is 35.7 Å². The molecule has 2 N–H and O–H groups in total. The zero-order valence-electron chi connectivity index (χ0n) is 23.0. The first kappa shape index (κ1) is 31.6. The lowest BCUT2D eigenvalue weighted by Crippen LogP contribution is -2.68. The van der Waals surface area contributed by atoms with Crippen LogP contribution in [0.3, 0.4) is 0 Å². The fraction of sp³-hybridized carbons (Fsp3) is 0.654. The third-order valence-corrected chi connectivity index (χ3v) is 13.6. The molecule has 210 valence electrons. The molecule has 0 saturated carbocycles. The average Bonchev–Trinajstić information content (AvgIpc) is 2.79. The van der Waals surface area contributed by atoms with Gasteiger partial charge in [0.25, 0.3) is 10.1 Å². The van der Waals surface area contributed by atoms with Crippen LogP contribution in [-0.4, -0.2) is 76.0 Å². The molecule has 0 aromatic heterocycles. The lowest BCUT2D eigenvalue weighted by molar-refractivity contribution is -0.289. The summed E-state index contributed by atoms with van der Waals surface area (Å²) >= 11 is 0. The Morgan fingerprint density at radius 3 is 2.11 bits per heavy atom. The molecular formula is C26H42O9SSi. The van der Waals surface area contributed by atoms with Gasteiger partial charge >= 0.3 is 5.97 Å². The van der Waals surface area contributed by atoms with Crippen molar-refractivity contribution in [1.82, 2.24) is 0 Å². The molecule has 1 aliphatic rings. The van der Waals surface area contributed by atoms with E-state index in [9.17, 15) is 23.4 Å². The Morgan fingerprint density at radius 2 is 1.65 bits per heavy atom. The van der Waals surface area contributed by atoms with E-state index in [4.69, 9.17) is 18.1 Å². The lowest BCUT2D eigenvalue weighted by Gasteiger charge is -2.52. The van der Waals surface area contributed by atoms with E-state index in [2.05, 4.69) is 41.5 Å². The highest BCUT2D eigenvalue weighted by atomic mass is 32.2. The number of carbonyl (C=O) groups is 1. The number of aliphatic hydroxyl groups excluding tert-OH is 1. The van der Waals surface area contributed by atoms with Gasteiger partial charge in [-0.1, -0.05) is 71.9 Å². The smallest absolute Gasteiger partial charge is 0.338 e. The molecule has 1 aliphatic heterocycles. The maximum absolute atomic E-state index is 13.1. The van der Waals surface area contributed by atoms with Crippen LogP contribution < -0.4 is 0 Å². The topological polar surface area (TPSA) is 129 Å². The van der Waals surface area contributed by atoms with Gasteiger partial charge in [0.2, 0.25) is 8.32 Å². The zero-order chi connectivity index (χ0) is 28.2. The van der Waals surface area contributed by atoms with Gasteiger partial charge in [0.15, 0.2) is 18.5 Å². The van der Waals surface area contributed by atoms with Crippen molar-refractivity contribution < 1.29 is 41.5 Å². The summed E-state index contributed by atoms with van der Waals surface area (Å²) in [5.74, 6) is -0.740. The van der Waals surface area contributed by atoms with E-state index in [0.29, 0.717) is 0 Å². The standard InChI is InChI=1S/C26H42O9SSi/c1-17(2)37(18(3)4,19(5)6)35-25-22(33-24(28)20-13-10-9-11-14-20)23(34-36(8,30)31)26(7,29)21(32-25)15-12-16-27/h9-15,17-19,21-23,25,27,29H,16H2,1-8H3/b15-12+/t21-,22-,23-,25+,26-/m1/s1. The molecular weight excluding hydrogens is 516 g/mol. The minimum absolute atomic E-state index is 0.129. The van der Waals surface area contributed by atoms with Crippen molar-refractivity contribution in [2.75, 3.05) is 12.9 Å². The van der Waals surface area contributed by atoms with Crippen molar-refractivity contribution in [2.45, 2.75) is 95.3 Å². The van der Waals surface area contributed by atoms with E-state index in [0.717, 1.165) is 6.26 Å². The Labute approximate surface area is 222 Å². The van der Waals surface area contributed by atoms with Crippen LogP contribution in [-0.2, 0) is 28.2 Å². The highest BCUT2D eigenvalue weighted by Crippen LogP contribution is 2.46. The van der Waals surface area contributed by atoms with Crippen LogP contribution in [0, 0.1) is 0 Å². The first-order valence-electron chi connectivity index (χ1n) is 12.5. The number of carbonyl (C=O) groups excluding carboxylic acids is 1. The molecule has 0 aliphatic carbocycles. The molecule has 2 rings (SSSR count). The lowest BCUT2D eigenvalue weighted by atomic mass is 9.85. The third-order valence-electron chi connectivity index (χ3n) is 6.97. The monoisotopic (exact) mass is 558 g/mol. The Hall–Kier alpha value is -1.60. The highest BCUT2D eigenvalue weighted by molar-refractivity contribution is 7.86. The van der Waals surface area contributed by atoms with Gasteiger partial charge < -0.3 is 24.1 Å². The minimum Gasteiger partial charge on any atom is -0.450 e. The highest BCUT2D eigenvalue weighted by Gasteiger charge is 2.59. The van der Waals surface area contributed by atoms with Crippen LogP contribution in [0.5, 0.6) is 0 Å². The molecule has 1 saturated heterocycles. The fourth-order valence-corrected chi connectivity index (χ4v) is 11.4. The van der Waals surface area contributed by atoms with E-state index in [1.807, 2.05) is 0 Å². The number of hydrogen-bond acceptors (Lipinski definition) is 9. The summed E-state index contributed by atoms with van der Waals surface area (Å²) in [6.45, 7) is 13.5. The predicted octanol–water partition coefficient (Wildman–Crippen LogP) is 3.77. The molecule has 1 heterocycles. The predicted molar refractivity (Wildman–Crippen MR) is 143 cm³/mol. The normalized spacial score (nSPS) is 27.4. The summed E-state index contributed by atoms with van der Waals surface area (Å²) < 4.78 is 48.9. The molecule has 1 aromatic rings. The molecule has 0 amide bonds. The Morgan fingerprint density at radius 1 is 1.11 bits per heavy atom. The van der Waals surface area contributed by atoms with Gasteiger partial charge in [-0.15, -0.1) is 0 Å². The Kier molecular flexibility index (Phi) is 10.7. The summed E-state index contributed by atoms with van der Waals surface area (Å²) in [6, 6.07) is 8.22. The molecule has 5 atom stereocenters. The van der Waals surface area contributed by atoms with Gasteiger partial charge in [-0.2, -0.15) is 8.42 Å². The van der Waals surface area contributed by atoms with Gasteiger partial charge in [0.1, 0.15) is 11.7 Å². The van der Waals surface area contributed by atoms with E-state index in [1.54, 1.807) is 30.3 Å². The van der Waals surface area contributed by atoms with Crippen LogP contribution in [0.4, 0.5) is 0 Å². The zero-order valence-corrected chi connectivity index (χ0v) is 24.8. The van der Waals surface area contributed by atoms with Crippen molar-refractivity contribution in [1.29, 1.82) is 0 Å². The number of benzene rings is 1. The SMILES string of the molecule is CC(C)[Si](O[C@@H]1O[C@H](/C=C/CO)[C@@](C)(O)[C@H](OS(C)(=O)=O)[C@H]1OC(=O)c1ccccc1)(C(C)C)C(C)C. The van der Waals surface area contributed by atoms with Crippen LogP contribution in [0.15, 0.2) is 42.5 Å². The van der Waals surface area contributed by atoms with Crippen LogP contribution in [0.2, 0.25) is 16.6 Å². The molecule has 0 bridgehead atoms. The quantitative estimate of drug-likeness (QED) is 0.180. The molecule has 11 heteroatoms. The van der Waals surface area contributed by atoms with Crippen molar-refractivity contribution in [3.05, 3.63) is 48.0 Å². The van der Waals surface area contributed by atoms with Gasteiger partial charge in [0.05, 0.1) is 18.4 Å². The Bertz CT molecular complexity index is 1000. The molecule has 0 radical (unpaired) electrons. The summed E-state index contributed by atoms with van der Waals surface area (Å²) in [4.78, 5) is 13.1. The number of ether oxygens (including phenoxy) is 2. The van der Waals surface area contributed by atoms with Crippen molar-refractivity contribution in [2.24, 2.45) is 0 Å². The molecule has 0 unspecified atom stereocenters. The largest absolute Gasteiger partial charge is 0.450 e.